The van der Waals surface area contributed by atoms with E-state index in [1.165, 1.54) is 18.7 Å². The molecule has 0 aromatic heterocycles. The topological polar surface area (TPSA) is 71.1 Å². The molecule has 31 heavy (non-hydrogen) atoms. The molecule has 2 aromatic rings. The molecule has 1 unspecified atom stereocenters. The number of carbonyl (C=O) groups is 2. The fraction of sp³-hybridized carbons (Fsp3) is 0.333. The normalized spacial score (nSPS) is 16.9. The summed E-state index contributed by atoms with van der Waals surface area (Å²) in [7, 11) is 5.75. The molecule has 0 radical (unpaired) electrons. The van der Waals surface area contributed by atoms with Crippen LogP contribution in [0.3, 0.4) is 0 Å². The van der Waals surface area contributed by atoms with E-state index in [4.69, 9.17) is 18.9 Å². The average molecular weight is 489 g/mol. The van der Waals surface area contributed by atoms with Gasteiger partial charge in [-0.05, 0) is 0 Å². The Balaban J connectivity index is 2.06. The van der Waals surface area contributed by atoms with Crippen LogP contribution in [0.5, 0.6) is 11.5 Å². The van der Waals surface area contributed by atoms with Gasteiger partial charge in [0.2, 0.25) is 0 Å². The summed E-state index contributed by atoms with van der Waals surface area (Å²) in [6.45, 7) is 0. The Labute approximate surface area is 188 Å². The van der Waals surface area contributed by atoms with Gasteiger partial charge < -0.3 is 0 Å². The summed E-state index contributed by atoms with van der Waals surface area (Å²) in [5.74, 6) is 0.0190. The first-order valence-corrected chi connectivity index (χ1v) is 11.8. The number of hydrogen-bond donors (Lipinski definition) is 0. The summed E-state index contributed by atoms with van der Waals surface area (Å²) in [5, 5.41) is 0.818. The van der Waals surface area contributed by atoms with E-state index in [1.54, 1.807) is 26.4 Å². The van der Waals surface area contributed by atoms with Crippen molar-refractivity contribution in [1.29, 1.82) is 0 Å². The van der Waals surface area contributed by atoms with Gasteiger partial charge in [-0.3, -0.25) is 0 Å². The monoisotopic (exact) mass is 490 g/mol. The second-order valence-electron chi connectivity index (χ2n) is 7.18. The van der Waals surface area contributed by atoms with E-state index in [1.807, 2.05) is 30.3 Å². The predicted octanol–water partition coefficient (Wildman–Crippen LogP) is 2.89. The molecular weight excluding hydrogens is 463 g/mol. The van der Waals surface area contributed by atoms with Crippen LogP contribution in [0.1, 0.15) is 12.0 Å². The predicted molar refractivity (Wildman–Crippen MR) is 119 cm³/mol. The van der Waals surface area contributed by atoms with Crippen molar-refractivity contribution in [3.05, 3.63) is 60.2 Å². The molecule has 1 aliphatic carbocycles. The maximum atomic E-state index is 12.8. The zero-order valence-electron chi connectivity index (χ0n) is 18.0. The summed E-state index contributed by atoms with van der Waals surface area (Å²) in [6.07, 6.45) is 2.01. The van der Waals surface area contributed by atoms with Crippen molar-refractivity contribution < 1.29 is 28.5 Å². The van der Waals surface area contributed by atoms with Crippen LogP contribution in [0.25, 0.3) is 5.57 Å². The molecule has 0 saturated carbocycles. The zero-order chi connectivity index (χ0) is 22.4. The van der Waals surface area contributed by atoms with Crippen LogP contribution < -0.4 is 13.9 Å². The van der Waals surface area contributed by atoms with Crippen LogP contribution in [-0.2, 0) is 19.1 Å². The van der Waals surface area contributed by atoms with Crippen molar-refractivity contribution in [1.82, 2.24) is 0 Å². The van der Waals surface area contributed by atoms with E-state index in [2.05, 4.69) is 12.1 Å². The Bertz CT molecular complexity index is 931. The summed E-state index contributed by atoms with van der Waals surface area (Å²) in [4.78, 5) is 25.5. The van der Waals surface area contributed by atoms with Crippen LogP contribution >= 0.6 is 0 Å². The molecule has 0 fully saturated rings. The summed E-state index contributed by atoms with van der Waals surface area (Å²) >= 11 is 0.163. The number of allylic oxidation sites excluding steroid dienone is 1. The van der Waals surface area contributed by atoms with E-state index in [0.29, 0.717) is 17.9 Å². The number of methoxy groups -OCH3 is 4. The second-order valence-corrected chi connectivity index (χ2v) is 9.47. The van der Waals surface area contributed by atoms with Gasteiger partial charge in [-0.2, -0.15) is 0 Å². The Morgan fingerprint density at radius 2 is 1.52 bits per heavy atom. The molecule has 0 spiro atoms. The van der Waals surface area contributed by atoms with E-state index in [9.17, 15) is 9.59 Å². The first-order chi connectivity index (χ1) is 15.0. The average Bonchev–Trinajstić information content (AvgIpc) is 3.22. The number of benzene rings is 2. The Morgan fingerprint density at radius 3 is 2.03 bits per heavy atom. The molecule has 0 bridgehead atoms. The molecule has 0 aliphatic heterocycles. The van der Waals surface area contributed by atoms with Crippen LogP contribution in [-0.4, -0.2) is 55.3 Å². The number of esters is 2. The van der Waals surface area contributed by atoms with Gasteiger partial charge in [0.05, 0.1) is 0 Å². The molecule has 1 atom stereocenters. The van der Waals surface area contributed by atoms with Gasteiger partial charge >= 0.3 is 189 Å². The van der Waals surface area contributed by atoms with Crippen molar-refractivity contribution in [2.45, 2.75) is 11.7 Å². The Hall–Kier alpha value is -2.76. The Morgan fingerprint density at radius 1 is 0.935 bits per heavy atom. The third-order valence-electron chi connectivity index (χ3n) is 5.39. The Kier molecular flexibility index (Phi) is 7.41. The first-order valence-electron chi connectivity index (χ1n) is 9.78. The van der Waals surface area contributed by atoms with Gasteiger partial charge in [0.15, 0.2) is 0 Å². The quantitative estimate of drug-likeness (QED) is 0.323. The summed E-state index contributed by atoms with van der Waals surface area (Å²) in [6, 6.07) is 15.8. The molecule has 0 saturated heterocycles. The number of hydrogen-bond acceptors (Lipinski definition) is 6. The fourth-order valence-electron chi connectivity index (χ4n) is 3.83. The molecule has 0 heterocycles. The maximum absolute atomic E-state index is 12.8. The van der Waals surface area contributed by atoms with Gasteiger partial charge in [0, 0.05) is 0 Å². The van der Waals surface area contributed by atoms with Crippen molar-refractivity contribution in [2.75, 3.05) is 28.4 Å². The van der Waals surface area contributed by atoms with Crippen molar-refractivity contribution in [2.24, 2.45) is 11.3 Å². The van der Waals surface area contributed by atoms with E-state index in [0.717, 1.165) is 16.5 Å². The zero-order valence-corrected chi connectivity index (χ0v) is 19.8. The molecular formula is C24H26O6Se. The van der Waals surface area contributed by atoms with E-state index in [-0.39, 0.29) is 20.9 Å². The van der Waals surface area contributed by atoms with Crippen LogP contribution in [0, 0.1) is 11.3 Å². The molecule has 0 amide bonds. The molecule has 1 aliphatic rings. The second kappa shape index (κ2) is 10.0. The summed E-state index contributed by atoms with van der Waals surface area (Å²) in [5.41, 5.74) is 0.276. The molecule has 2 aromatic carbocycles. The van der Waals surface area contributed by atoms with Gasteiger partial charge in [0.25, 0.3) is 0 Å². The van der Waals surface area contributed by atoms with Crippen LogP contribution in [0.2, 0.25) is 5.32 Å². The van der Waals surface area contributed by atoms with E-state index < -0.39 is 17.4 Å². The number of rotatable bonds is 8. The third-order valence-corrected chi connectivity index (χ3v) is 7.85. The first kappa shape index (κ1) is 22.9. The molecule has 7 heteroatoms. The van der Waals surface area contributed by atoms with Gasteiger partial charge in [-0.25, -0.2) is 0 Å². The van der Waals surface area contributed by atoms with E-state index >= 15 is 0 Å². The van der Waals surface area contributed by atoms with Gasteiger partial charge in [0.1, 0.15) is 0 Å². The van der Waals surface area contributed by atoms with Crippen LogP contribution in [0.4, 0.5) is 0 Å². The number of carbonyl (C=O) groups excluding carboxylic acids is 2. The fourth-order valence-corrected chi connectivity index (χ4v) is 6.01. The molecule has 164 valence electrons. The minimum absolute atomic E-state index is 0.0322. The van der Waals surface area contributed by atoms with Crippen molar-refractivity contribution in [3.63, 3.8) is 0 Å². The molecule has 0 N–H and O–H groups in total. The molecule has 6 nitrogen and oxygen atoms in total. The minimum atomic E-state index is -1.47. The van der Waals surface area contributed by atoms with Crippen molar-refractivity contribution >= 4 is 36.9 Å². The third kappa shape index (κ3) is 4.78. The SMILES string of the molecule is COC(=O)C1(C(=O)OC)C=C(c2cc(OC)cc(OC)c2)C(C[Se]c2ccccc2)C1. The van der Waals surface area contributed by atoms with Gasteiger partial charge in [-0.1, -0.05) is 0 Å². The number of ether oxygens (including phenoxy) is 4. The van der Waals surface area contributed by atoms with Crippen molar-refractivity contribution in [3.8, 4) is 11.5 Å². The molecule has 3 rings (SSSR count). The summed E-state index contributed by atoms with van der Waals surface area (Å²) < 4.78 is 22.1. The standard InChI is InChI=1S/C24H26O6Se/c1-27-18-10-16(11-19(12-18)28-2)21-14-24(22(25)29-3,23(26)30-4)13-17(21)15-31-20-8-6-5-7-9-20/h5-12,14,17H,13,15H2,1-4H3. The van der Waals surface area contributed by atoms with Crippen LogP contribution in [0.15, 0.2) is 54.6 Å². The van der Waals surface area contributed by atoms with Gasteiger partial charge in [-0.15, -0.1) is 0 Å².